The number of phenolic OH excluding ortho intramolecular Hbond substituents is 4. The highest BCUT2D eigenvalue weighted by Crippen LogP contribution is 2.33. The van der Waals surface area contributed by atoms with E-state index < -0.39 is 57.9 Å². The number of rotatable bonds is 23. The lowest BCUT2D eigenvalue weighted by Gasteiger charge is -2.36. The summed E-state index contributed by atoms with van der Waals surface area (Å²) in [6.07, 6.45) is 1.36. The molecule has 0 heterocycles. The lowest BCUT2D eigenvalue weighted by molar-refractivity contribution is -0.165. The standard InChI is InChI=1S/C55H72N2O13/c1-34(2)55(10,11)51(66)56-41(28-35-12-20-39(21-13-35)68-47(62)26-18-37-16-24-43(58)45(60)30-37)49(64)67-33-53(6,7)32-54(8,9)70-50(65)42(57-52(3,4)5)29-36-14-22-40(23-15-36)69-48(63)27-19-38-17-25-44(59)46(61)31-38/h12-17,20-25,30-31,34,41-42,57-61H,18-19,26-29,32-33H2,1-11H3,(H,56,66). The normalized spacial score (nSPS) is 13.0. The summed E-state index contributed by atoms with van der Waals surface area (Å²) in [6.45, 7) is 20.7. The molecule has 70 heavy (non-hydrogen) atoms. The fourth-order valence-corrected chi connectivity index (χ4v) is 7.63. The molecule has 4 aromatic carbocycles. The predicted octanol–water partition coefficient (Wildman–Crippen LogP) is 8.58. The van der Waals surface area contributed by atoms with Crippen molar-refractivity contribution in [1.82, 2.24) is 10.6 Å². The molecule has 1 amide bonds. The van der Waals surface area contributed by atoms with Gasteiger partial charge in [0.1, 0.15) is 29.2 Å². The Morgan fingerprint density at radius 3 is 1.40 bits per heavy atom. The van der Waals surface area contributed by atoms with E-state index in [-0.39, 0.29) is 79.3 Å². The minimum Gasteiger partial charge on any atom is -0.504 e. The zero-order valence-electron chi connectivity index (χ0n) is 42.4. The van der Waals surface area contributed by atoms with Crippen molar-refractivity contribution in [2.45, 2.75) is 144 Å². The van der Waals surface area contributed by atoms with Crippen LogP contribution < -0.4 is 20.1 Å². The van der Waals surface area contributed by atoms with Crippen LogP contribution in [-0.4, -0.2) is 80.0 Å². The van der Waals surface area contributed by atoms with Crippen LogP contribution in [0.5, 0.6) is 34.5 Å². The first kappa shape index (κ1) is 56.0. The zero-order valence-corrected chi connectivity index (χ0v) is 42.4. The number of aromatic hydroxyl groups is 4. The van der Waals surface area contributed by atoms with Gasteiger partial charge >= 0.3 is 23.9 Å². The lowest BCUT2D eigenvalue weighted by Crippen LogP contribution is -2.51. The van der Waals surface area contributed by atoms with Crippen molar-refractivity contribution in [1.29, 1.82) is 0 Å². The van der Waals surface area contributed by atoms with Crippen LogP contribution in [0.1, 0.15) is 118 Å². The minimum absolute atomic E-state index is 0.0296. The van der Waals surface area contributed by atoms with Gasteiger partial charge in [-0.05, 0) is 137 Å². The molecule has 0 saturated carbocycles. The maximum Gasteiger partial charge on any atom is 0.329 e. The van der Waals surface area contributed by atoms with Crippen LogP contribution in [0.25, 0.3) is 0 Å². The Morgan fingerprint density at radius 2 is 0.986 bits per heavy atom. The van der Waals surface area contributed by atoms with Crippen molar-refractivity contribution in [3.8, 4) is 34.5 Å². The molecule has 2 atom stereocenters. The van der Waals surface area contributed by atoms with Gasteiger partial charge in [-0.15, -0.1) is 0 Å². The molecule has 0 saturated heterocycles. The van der Waals surface area contributed by atoms with Crippen molar-refractivity contribution >= 4 is 29.8 Å². The number of carbonyl (C=O) groups excluding carboxylic acids is 5. The number of phenols is 4. The number of hydrogen-bond acceptors (Lipinski definition) is 14. The first-order chi connectivity index (χ1) is 32.5. The highest BCUT2D eigenvalue weighted by molar-refractivity contribution is 5.88. The summed E-state index contributed by atoms with van der Waals surface area (Å²) >= 11 is 0. The van der Waals surface area contributed by atoms with E-state index in [9.17, 15) is 44.4 Å². The van der Waals surface area contributed by atoms with Crippen LogP contribution in [0.4, 0.5) is 0 Å². The molecule has 0 aliphatic rings. The Kier molecular flexibility index (Phi) is 19.0. The van der Waals surface area contributed by atoms with E-state index in [1.54, 1.807) is 74.5 Å². The first-order valence-corrected chi connectivity index (χ1v) is 23.6. The summed E-state index contributed by atoms with van der Waals surface area (Å²) in [6, 6.07) is 20.4. The van der Waals surface area contributed by atoms with E-state index in [1.165, 1.54) is 24.3 Å². The number of carbonyl (C=O) groups is 5. The topological polar surface area (TPSA) is 227 Å². The Hall–Kier alpha value is -6.61. The Morgan fingerprint density at radius 1 is 0.557 bits per heavy atom. The van der Waals surface area contributed by atoms with Gasteiger partial charge < -0.3 is 44.7 Å². The van der Waals surface area contributed by atoms with Crippen molar-refractivity contribution in [3.63, 3.8) is 0 Å². The number of nitrogens with one attached hydrogen (secondary N) is 2. The highest BCUT2D eigenvalue weighted by Gasteiger charge is 2.38. The number of benzene rings is 4. The van der Waals surface area contributed by atoms with E-state index in [0.29, 0.717) is 35.3 Å². The van der Waals surface area contributed by atoms with Gasteiger partial charge in [-0.25, -0.2) is 4.79 Å². The Bertz CT molecular complexity index is 2430. The molecule has 0 radical (unpaired) electrons. The fourth-order valence-electron chi connectivity index (χ4n) is 7.63. The molecule has 6 N–H and O–H groups in total. The first-order valence-electron chi connectivity index (χ1n) is 23.6. The second-order valence-electron chi connectivity index (χ2n) is 21.3. The van der Waals surface area contributed by atoms with Gasteiger partial charge in [-0.1, -0.05) is 77.9 Å². The largest absolute Gasteiger partial charge is 0.504 e. The number of hydrogen-bond donors (Lipinski definition) is 6. The van der Waals surface area contributed by atoms with E-state index >= 15 is 0 Å². The molecule has 4 rings (SSSR count). The molecule has 15 nitrogen and oxygen atoms in total. The molecule has 0 spiro atoms. The molecule has 0 aromatic heterocycles. The van der Waals surface area contributed by atoms with E-state index in [2.05, 4.69) is 10.6 Å². The van der Waals surface area contributed by atoms with Crippen molar-refractivity contribution in [2.24, 2.45) is 16.7 Å². The Labute approximate surface area is 411 Å². The van der Waals surface area contributed by atoms with Gasteiger partial charge in [-0.3, -0.25) is 24.5 Å². The van der Waals surface area contributed by atoms with Gasteiger partial charge in [0.15, 0.2) is 23.0 Å². The smallest absolute Gasteiger partial charge is 0.329 e. The zero-order chi connectivity index (χ0) is 52.2. The van der Waals surface area contributed by atoms with Gasteiger partial charge in [0, 0.05) is 35.6 Å². The minimum atomic E-state index is -1.06. The third kappa shape index (κ3) is 18.0. The number of amides is 1. The molecule has 0 aliphatic heterocycles. The number of esters is 4. The van der Waals surface area contributed by atoms with Crippen LogP contribution in [0, 0.1) is 16.7 Å². The van der Waals surface area contributed by atoms with E-state index in [1.807, 2.05) is 62.3 Å². The molecule has 4 aromatic rings. The summed E-state index contributed by atoms with van der Waals surface area (Å²) in [5.74, 6) is -2.84. The molecule has 2 unspecified atom stereocenters. The summed E-state index contributed by atoms with van der Waals surface area (Å²) in [4.78, 5) is 66.6. The van der Waals surface area contributed by atoms with Gasteiger partial charge in [0.05, 0.1) is 6.61 Å². The van der Waals surface area contributed by atoms with Gasteiger partial charge in [-0.2, -0.15) is 0 Å². The average molecular weight is 969 g/mol. The molecule has 0 fully saturated rings. The van der Waals surface area contributed by atoms with Crippen LogP contribution in [0.2, 0.25) is 0 Å². The molecular weight excluding hydrogens is 897 g/mol. The van der Waals surface area contributed by atoms with Crippen LogP contribution in [0.15, 0.2) is 84.9 Å². The van der Waals surface area contributed by atoms with Crippen molar-refractivity contribution < 1.29 is 63.3 Å². The van der Waals surface area contributed by atoms with Crippen molar-refractivity contribution in [2.75, 3.05) is 6.61 Å². The summed E-state index contributed by atoms with van der Waals surface area (Å²) in [5, 5.41) is 44.9. The lowest BCUT2D eigenvalue weighted by atomic mass is 9.80. The number of ether oxygens (including phenoxy) is 4. The van der Waals surface area contributed by atoms with E-state index in [0.717, 1.165) is 5.56 Å². The summed E-state index contributed by atoms with van der Waals surface area (Å²) in [7, 11) is 0. The van der Waals surface area contributed by atoms with Crippen LogP contribution in [0.3, 0.4) is 0 Å². The Balaban J connectivity index is 1.36. The summed E-state index contributed by atoms with van der Waals surface area (Å²) < 4.78 is 23.1. The van der Waals surface area contributed by atoms with E-state index in [4.69, 9.17) is 18.9 Å². The SMILES string of the molecule is CC(C)C(C)(C)C(=O)NC(Cc1ccc(OC(=O)CCc2ccc(O)c(O)c2)cc1)C(=O)OCC(C)(C)CC(C)(C)OC(=O)C(Cc1ccc(OC(=O)CCc2ccc(O)c(O)c2)cc1)NC(C)(C)C. The second-order valence-corrected chi connectivity index (χ2v) is 21.3. The maximum absolute atomic E-state index is 14.0. The van der Waals surface area contributed by atoms with Gasteiger partial charge in [0.25, 0.3) is 0 Å². The molecule has 15 heteroatoms. The second kappa shape index (κ2) is 23.8. The monoisotopic (exact) mass is 969 g/mol. The maximum atomic E-state index is 14.0. The highest BCUT2D eigenvalue weighted by atomic mass is 16.6. The van der Waals surface area contributed by atoms with Crippen LogP contribution >= 0.6 is 0 Å². The molecular formula is C55H72N2O13. The van der Waals surface area contributed by atoms with Crippen LogP contribution in [-0.2, 0) is 59.1 Å². The average Bonchev–Trinajstić information content (AvgIpc) is 3.26. The predicted molar refractivity (Wildman–Crippen MR) is 265 cm³/mol. The third-order valence-corrected chi connectivity index (χ3v) is 11.9. The van der Waals surface area contributed by atoms with Gasteiger partial charge in [0.2, 0.25) is 5.91 Å². The molecule has 380 valence electrons. The number of aryl methyl sites for hydroxylation is 2. The van der Waals surface area contributed by atoms with Crippen molar-refractivity contribution in [3.05, 3.63) is 107 Å². The third-order valence-electron chi connectivity index (χ3n) is 11.9. The molecule has 0 aliphatic carbocycles. The summed E-state index contributed by atoms with van der Waals surface area (Å²) in [5.41, 5.74) is -0.157. The quantitative estimate of drug-likeness (QED) is 0.0233. The fraction of sp³-hybridized carbons (Fsp3) is 0.473. The molecule has 0 bridgehead atoms.